The largest absolute Gasteiger partial charge is 0.377 e. The molecule has 2 aliphatic rings. The molecule has 0 unspecified atom stereocenters. The van der Waals surface area contributed by atoms with Crippen LogP contribution in [-0.2, 0) is 17.1 Å². The average Bonchev–Trinajstić information content (AvgIpc) is 2.89. The van der Waals surface area contributed by atoms with Crippen molar-refractivity contribution in [3.8, 4) is 11.1 Å². The number of nitrogens with zero attached hydrogens (tertiary/aromatic N) is 2. The Morgan fingerprint density at radius 3 is 2.78 bits per heavy atom. The van der Waals surface area contributed by atoms with E-state index in [4.69, 9.17) is 4.74 Å². The van der Waals surface area contributed by atoms with Gasteiger partial charge in [-0.05, 0) is 59.5 Å². The molecule has 2 atom stereocenters. The fourth-order valence-electron chi connectivity index (χ4n) is 5.07. The minimum Gasteiger partial charge on any atom is -0.377 e. The third-order valence-corrected chi connectivity index (χ3v) is 7.11. The third-order valence-electron chi connectivity index (χ3n) is 7.11. The van der Waals surface area contributed by atoms with Crippen molar-refractivity contribution >= 4 is 17.3 Å². The van der Waals surface area contributed by atoms with E-state index in [2.05, 4.69) is 10.3 Å². The fourth-order valence-corrected chi connectivity index (χ4v) is 5.07. The zero-order valence-corrected chi connectivity index (χ0v) is 20.5. The summed E-state index contributed by atoms with van der Waals surface area (Å²) in [5, 5.41) is 2.77. The fraction of sp³-hybridized carbons (Fsp3) is 0.357. The van der Waals surface area contributed by atoms with Crippen molar-refractivity contribution in [2.45, 2.75) is 37.9 Å². The van der Waals surface area contributed by atoms with Gasteiger partial charge in [0.05, 0.1) is 19.3 Å². The second-order valence-electron chi connectivity index (χ2n) is 9.77. The van der Waals surface area contributed by atoms with Crippen molar-refractivity contribution < 1.29 is 27.1 Å². The molecule has 5 nitrogen and oxygen atoms in total. The lowest BCUT2D eigenvalue weighted by atomic mass is 9.82. The summed E-state index contributed by atoms with van der Waals surface area (Å²) in [5.41, 5.74) is 2.35. The molecule has 194 valence electrons. The number of pyridine rings is 1. The number of morpholine rings is 1. The van der Waals surface area contributed by atoms with E-state index in [-0.39, 0.29) is 18.6 Å². The molecule has 1 saturated heterocycles. The van der Waals surface area contributed by atoms with E-state index in [9.17, 15) is 18.0 Å². The van der Waals surface area contributed by atoms with Crippen LogP contribution in [0.15, 0.2) is 54.7 Å². The number of carbonyl (C=O) groups excluding carboxylic acids is 1. The number of aromatic nitrogens is 1. The Bertz CT molecular complexity index is 1340. The number of hydrogen-bond acceptors (Lipinski definition) is 4. The number of ether oxygens (including phenoxy) is 1. The number of anilines is 2. The Labute approximate surface area is 212 Å². The molecular weight excluding hydrogens is 486 g/mol. The highest BCUT2D eigenvalue weighted by atomic mass is 19.3. The van der Waals surface area contributed by atoms with Gasteiger partial charge in [0, 0.05) is 43.0 Å². The highest BCUT2D eigenvalue weighted by molar-refractivity contribution is 6.04. The number of fused-ring (bicyclic) bond motifs is 3. The molecule has 2 aliphatic heterocycles. The molecule has 3 heterocycles. The van der Waals surface area contributed by atoms with E-state index in [1.165, 1.54) is 12.3 Å². The van der Waals surface area contributed by atoms with Gasteiger partial charge in [-0.3, -0.25) is 9.78 Å². The molecular formula is C28H27F4N3O2. The number of carbonyl (C=O) groups is 1. The Hall–Kier alpha value is -3.46. The maximum Gasteiger partial charge on any atom is 0.286 e. The molecule has 1 N–H and O–H groups in total. The van der Waals surface area contributed by atoms with Crippen molar-refractivity contribution in [1.29, 1.82) is 0 Å². The zero-order chi connectivity index (χ0) is 26.4. The highest BCUT2D eigenvalue weighted by Gasteiger charge is 2.48. The molecule has 2 aromatic carbocycles. The van der Waals surface area contributed by atoms with Crippen molar-refractivity contribution in [3.05, 3.63) is 77.1 Å². The van der Waals surface area contributed by atoms with Gasteiger partial charge in [0.15, 0.2) is 5.67 Å². The van der Waals surface area contributed by atoms with E-state index in [0.717, 1.165) is 40.9 Å². The van der Waals surface area contributed by atoms with Crippen molar-refractivity contribution in [2.24, 2.45) is 0 Å². The summed E-state index contributed by atoms with van der Waals surface area (Å²) < 4.78 is 61.9. The monoisotopic (exact) mass is 513 g/mol. The van der Waals surface area contributed by atoms with Gasteiger partial charge in [0.2, 0.25) is 0 Å². The van der Waals surface area contributed by atoms with Gasteiger partial charge in [-0.15, -0.1) is 0 Å². The quantitative estimate of drug-likeness (QED) is 0.435. The first-order valence-electron chi connectivity index (χ1n) is 12.1. The van der Waals surface area contributed by atoms with Crippen LogP contribution < -0.4 is 10.2 Å². The van der Waals surface area contributed by atoms with Crippen LogP contribution in [0.2, 0.25) is 0 Å². The van der Waals surface area contributed by atoms with Crippen LogP contribution in [0.4, 0.5) is 28.9 Å². The molecule has 0 bridgehead atoms. The number of aryl methyl sites for hydroxylation is 1. The lowest BCUT2D eigenvalue weighted by Crippen LogP contribution is -2.61. The molecule has 3 aromatic rings. The van der Waals surface area contributed by atoms with Gasteiger partial charge in [-0.2, -0.15) is 8.78 Å². The van der Waals surface area contributed by atoms with E-state index in [0.29, 0.717) is 18.8 Å². The number of benzene rings is 2. The van der Waals surface area contributed by atoms with Gasteiger partial charge < -0.3 is 15.0 Å². The number of halogens is 4. The van der Waals surface area contributed by atoms with Gasteiger partial charge in [-0.1, -0.05) is 18.2 Å². The summed E-state index contributed by atoms with van der Waals surface area (Å²) in [6.45, 7) is 2.62. The van der Waals surface area contributed by atoms with E-state index in [1.54, 1.807) is 6.07 Å². The standard InChI is InChI=1S/C28H27F4N3O2/c1-17-3-6-21(34-26(36)19-7-8-33-24(12-19)27(2,30)31)13-22(17)18-4-5-20-14-28(32,16-29)25-15-37-10-9-35(25)23(20)11-18/h3-8,11-13,25H,9-10,14-16H2,1-2H3,(H,34,36)/t25-,28+/m0/s1. The molecule has 1 aromatic heterocycles. The van der Waals surface area contributed by atoms with Crippen LogP contribution in [0.5, 0.6) is 0 Å². The third kappa shape index (κ3) is 4.80. The molecule has 0 spiro atoms. The van der Waals surface area contributed by atoms with E-state index >= 15 is 4.39 Å². The topological polar surface area (TPSA) is 54.5 Å². The number of nitrogens with one attached hydrogen (secondary N) is 1. The molecule has 0 radical (unpaired) electrons. The lowest BCUT2D eigenvalue weighted by Gasteiger charge is -2.48. The predicted octanol–water partition coefficient (Wildman–Crippen LogP) is 5.86. The zero-order valence-electron chi connectivity index (χ0n) is 20.5. The normalized spacial score (nSPS) is 21.2. The minimum atomic E-state index is -3.16. The Morgan fingerprint density at radius 1 is 1.22 bits per heavy atom. The molecule has 0 aliphatic carbocycles. The smallest absolute Gasteiger partial charge is 0.286 e. The molecule has 1 fully saturated rings. The summed E-state index contributed by atoms with van der Waals surface area (Å²) in [7, 11) is 0. The number of hydrogen-bond donors (Lipinski definition) is 1. The van der Waals surface area contributed by atoms with Crippen LogP contribution in [0.3, 0.4) is 0 Å². The summed E-state index contributed by atoms with van der Waals surface area (Å²) in [6.07, 6.45) is 1.16. The molecule has 5 rings (SSSR count). The van der Waals surface area contributed by atoms with Gasteiger partial charge in [-0.25, -0.2) is 8.78 Å². The van der Waals surface area contributed by atoms with E-state index in [1.807, 2.05) is 42.2 Å². The number of rotatable bonds is 5. The first kappa shape index (κ1) is 25.2. The molecule has 37 heavy (non-hydrogen) atoms. The summed E-state index contributed by atoms with van der Waals surface area (Å²) in [4.78, 5) is 18.4. The Morgan fingerprint density at radius 2 is 2.03 bits per heavy atom. The maximum absolute atomic E-state index is 15.4. The van der Waals surface area contributed by atoms with Gasteiger partial charge in [0.1, 0.15) is 12.4 Å². The van der Waals surface area contributed by atoms with Crippen molar-refractivity contribution in [3.63, 3.8) is 0 Å². The van der Waals surface area contributed by atoms with Crippen LogP contribution >= 0.6 is 0 Å². The first-order chi connectivity index (χ1) is 17.6. The van der Waals surface area contributed by atoms with Crippen LogP contribution in [0.1, 0.15) is 34.1 Å². The van der Waals surface area contributed by atoms with Crippen LogP contribution in [0, 0.1) is 6.92 Å². The van der Waals surface area contributed by atoms with Crippen molar-refractivity contribution in [1.82, 2.24) is 4.98 Å². The van der Waals surface area contributed by atoms with Gasteiger partial charge >= 0.3 is 0 Å². The number of alkyl halides is 4. The number of amides is 1. The van der Waals surface area contributed by atoms with Gasteiger partial charge in [0.25, 0.3) is 11.8 Å². The van der Waals surface area contributed by atoms with E-state index < -0.39 is 35.9 Å². The Kier molecular flexibility index (Phi) is 6.43. The molecule has 1 amide bonds. The maximum atomic E-state index is 15.4. The summed E-state index contributed by atoms with van der Waals surface area (Å²) >= 11 is 0. The molecule has 9 heteroatoms. The highest BCUT2D eigenvalue weighted by Crippen LogP contribution is 2.42. The SMILES string of the molecule is Cc1ccc(NC(=O)c2ccnc(C(C)(F)F)c2)cc1-c1ccc2c(c1)N1CCOC[C@H]1[C@](F)(CF)C2. The summed E-state index contributed by atoms with van der Waals surface area (Å²) in [6, 6.07) is 12.8. The average molecular weight is 514 g/mol. The lowest BCUT2D eigenvalue weighted by molar-refractivity contribution is 0.000798. The second kappa shape index (κ2) is 9.45. The Balaban J connectivity index is 1.45. The second-order valence-corrected chi connectivity index (χ2v) is 9.77. The predicted molar refractivity (Wildman–Crippen MR) is 134 cm³/mol. The summed E-state index contributed by atoms with van der Waals surface area (Å²) in [5.74, 6) is -3.69. The minimum absolute atomic E-state index is 0.0244. The molecule has 0 saturated carbocycles. The van der Waals surface area contributed by atoms with Crippen LogP contribution in [0.25, 0.3) is 11.1 Å². The van der Waals surface area contributed by atoms with Crippen LogP contribution in [-0.4, -0.2) is 49.0 Å². The first-order valence-corrected chi connectivity index (χ1v) is 12.1. The van der Waals surface area contributed by atoms with Crippen molar-refractivity contribution in [2.75, 3.05) is 36.6 Å².